The van der Waals surface area contributed by atoms with Gasteiger partial charge in [0.25, 0.3) is 0 Å². The highest BCUT2D eigenvalue weighted by atomic mass is 16.5. The van der Waals surface area contributed by atoms with Crippen LogP contribution in [-0.4, -0.2) is 31.7 Å². The van der Waals surface area contributed by atoms with E-state index in [1.54, 1.807) is 19.2 Å². The summed E-state index contributed by atoms with van der Waals surface area (Å²) < 4.78 is 22.5. The quantitative estimate of drug-likeness (QED) is 0.738. The van der Waals surface area contributed by atoms with Crippen molar-refractivity contribution in [2.24, 2.45) is 5.92 Å². The number of methoxy groups -OCH3 is 1. The van der Waals surface area contributed by atoms with Crippen molar-refractivity contribution >= 4 is 5.78 Å². The Bertz CT molecular complexity index is 678. The lowest BCUT2D eigenvalue weighted by atomic mass is 9.80. The molecule has 1 aromatic rings. The van der Waals surface area contributed by atoms with Crippen LogP contribution in [0.1, 0.15) is 26.2 Å². The Kier molecular flexibility index (Phi) is 5.43. The number of carbonyl (C=O) groups excluding carboxylic acids is 1. The third-order valence-corrected chi connectivity index (χ3v) is 4.51. The molecule has 0 amide bonds. The highest BCUT2D eigenvalue weighted by Gasteiger charge is 2.41. The smallest absolute Gasteiger partial charge is 0.207 e. The van der Waals surface area contributed by atoms with E-state index in [2.05, 4.69) is 6.58 Å². The molecule has 5 nitrogen and oxygen atoms in total. The van der Waals surface area contributed by atoms with Gasteiger partial charge in [0, 0.05) is 12.5 Å². The van der Waals surface area contributed by atoms with Crippen LogP contribution in [0.5, 0.6) is 11.5 Å². The first-order chi connectivity index (χ1) is 12.1. The lowest BCUT2D eigenvalue weighted by molar-refractivity contribution is -0.133. The summed E-state index contributed by atoms with van der Waals surface area (Å²) >= 11 is 0. The lowest BCUT2D eigenvalue weighted by Crippen LogP contribution is -2.42. The van der Waals surface area contributed by atoms with Crippen molar-refractivity contribution in [2.45, 2.75) is 38.4 Å². The SMILES string of the molecule is C=C(C)COC1CCC2C(=O)C(Oc3cccc(OC)c3)=COC2C1. The van der Waals surface area contributed by atoms with Gasteiger partial charge < -0.3 is 18.9 Å². The van der Waals surface area contributed by atoms with Crippen LogP contribution in [0, 0.1) is 5.92 Å². The number of fused-ring (bicyclic) bond motifs is 1. The average molecular weight is 344 g/mol. The van der Waals surface area contributed by atoms with Crippen LogP contribution >= 0.6 is 0 Å². The normalized spacial score (nSPS) is 25.4. The van der Waals surface area contributed by atoms with Gasteiger partial charge in [-0.25, -0.2) is 0 Å². The third kappa shape index (κ3) is 4.23. The van der Waals surface area contributed by atoms with E-state index >= 15 is 0 Å². The van der Waals surface area contributed by atoms with Crippen molar-refractivity contribution in [3.63, 3.8) is 0 Å². The molecule has 3 unspecified atom stereocenters. The number of benzene rings is 1. The van der Waals surface area contributed by atoms with Gasteiger partial charge in [-0.1, -0.05) is 18.2 Å². The van der Waals surface area contributed by atoms with E-state index < -0.39 is 0 Å². The van der Waals surface area contributed by atoms with Gasteiger partial charge in [-0.3, -0.25) is 4.79 Å². The number of rotatable bonds is 6. The summed E-state index contributed by atoms with van der Waals surface area (Å²) in [6.45, 7) is 6.34. The fourth-order valence-corrected chi connectivity index (χ4v) is 3.21. The average Bonchev–Trinajstić information content (AvgIpc) is 2.62. The molecule has 3 atom stereocenters. The molecule has 0 bridgehead atoms. The minimum absolute atomic E-state index is 0.00239. The van der Waals surface area contributed by atoms with Crippen LogP contribution in [0.2, 0.25) is 0 Å². The highest BCUT2D eigenvalue weighted by Crippen LogP contribution is 2.35. The highest BCUT2D eigenvalue weighted by molar-refractivity contribution is 5.96. The van der Waals surface area contributed by atoms with Gasteiger partial charge in [0.1, 0.15) is 23.9 Å². The molecule has 134 valence electrons. The molecule has 1 heterocycles. The minimum atomic E-state index is -0.171. The molecule has 2 aliphatic rings. The summed E-state index contributed by atoms with van der Waals surface area (Å²) in [6.07, 6.45) is 3.70. The molecule has 1 aliphatic heterocycles. The Morgan fingerprint density at radius 3 is 2.88 bits per heavy atom. The standard InChI is InChI=1S/C20H24O5/c1-13(2)11-23-15-7-8-17-18(10-15)24-12-19(20(17)21)25-16-6-4-5-14(9-16)22-3/h4-6,9,12,15,17-18H,1,7-8,10-11H2,2-3H3. The molecule has 3 rings (SSSR count). The maximum absolute atomic E-state index is 12.7. The molecule has 1 aliphatic carbocycles. The molecular formula is C20H24O5. The predicted molar refractivity (Wildman–Crippen MR) is 93.5 cm³/mol. The molecule has 0 N–H and O–H groups in total. The van der Waals surface area contributed by atoms with E-state index in [0.29, 0.717) is 24.5 Å². The fraction of sp³-hybridized carbons (Fsp3) is 0.450. The third-order valence-electron chi connectivity index (χ3n) is 4.51. The Labute approximate surface area is 148 Å². The number of hydrogen-bond donors (Lipinski definition) is 0. The van der Waals surface area contributed by atoms with Gasteiger partial charge >= 0.3 is 0 Å². The molecule has 0 radical (unpaired) electrons. The number of ether oxygens (including phenoxy) is 4. The molecule has 25 heavy (non-hydrogen) atoms. The van der Waals surface area contributed by atoms with Gasteiger partial charge in [0.2, 0.25) is 11.5 Å². The summed E-state index contributed by atoms with van der Waals surface area (Å²) in [5, 5.41) is 0. The first-order valence-electron chi connectivity index (χ1n) is 8.54. The predicted octanol–water partition coefficient (Wildman–Crippen LogP) is 3.64. The Morgan fingerprint density at radius 2 is 2.12 bits per heavy atom. The van der Waals surface area contributed by atoms with Gasteiger partial charge in [0.05, 0.1) is 25.7 Å². The van der Waals surface area contributed by atoms with Crippen LogP contribution in [0.15, 0.2) is 48.4 Å². The van der Waals surface area contributed by atoms with Crippen molar-refractivity contribution in [3.8, 4) is 11.5 Å². The molecule has 1 fully saturated rings. The second-order valence-corrected chi connectivity index (χ2v) is 6.61. The van der Waals surface area contributed by atoms with Crippen molar-refractivity contribution < 1.29 is 23.7 Å². The molecule has 0 spiro atoms. The Balaban J connectivity index is 1.64. The molecule has 5 heteroatoms. The number of hydrogen-bond acceptors (Lipinski definition) is 5. The van der Waals surface area contributed by atoms with Crippen LogP contribution < -0.4 is 9.47 Å². The van der Waals surface area contributed by atoms with Crippen molar-refractivity contribution in [1.82, 2.24) is 0 Å². The van der Waals surface area contributed by atoms with Gasteiger partial charge in [-0.05, 0) is 31.9 Å². The Hall–Kier alpha value is -2.27. The van der Waals surface area contributed by atoms with Gasteiger partial charge in [-0.15, -0.1) is 0 Å². The van der Waals surface area contributed by atoms with Crippen LogP contribution in [-0.2, 0) is 14.3 Å². The fourth-order valence-electron chi connectivity index (χ4n) is 3.21. The summed E-state index contributed by atoms with van der Waals surface area (Å²) in [7, 11) is 1.59. The summed E-state index contributed by atoms with van der Waals surface area (Å²) in [5.74, 6) is 1.30. The number of allylic oxidation sites excluding steroid dienone is 1. The van der Waals surface area contributed by atoms with Crippen molar-refractivity contribution in [2.75, 3.05) is 13.7 Å². The van der Waals surface area contributed by atoms with Crippen molar-refractivity contribution in [3.05, 3.63) is 48.4 Å². The number of Topliss-reactive ketones (excluding diaryl/α,β-unsaturated/α-hetero) is 1. The van der Waals surface area contributed by atoms with E-state index in [1.807, 2.05) is 19.1 Å². The molecule has 1 saturated carbocycles. The zero-order valence-electron chi connectivity index (χ0n) is 14.7. The zero-order chi connectivity index (χ0) is 17.8. The first-order valence-corrected chi connectivity index (χ1v) is 8.54. The van der Waals surface area contributed by atoms with Crippen LogP contribution in [0.3, 0.4) is 0 Å². The maximum Gasteiger partial charge on any atom is 0.207 e. The maximum atomic E-state index is 12.7. The minimum Gasteiger partial charge on any atom is -0.497 e. The summed E-state index contributed by atoms with van der Waals surface area (Å²) in [4.78, 5) is 12.7. The van der Waals surface area contributed by atoms with E-state index in [9.17, 15) is 4.79 Å². The van der Waals surface area contributed by atoms with E-state index in [0.717, 1.165) is 18.4 Å². The van der Waals surface area contributed by atoms with Gasteiger partial charge in [-0.2, -0.15) is 0 Å². The second kappa shape index (κ2) is 7.74. The molecule has 0 aromatic heterocycles. The lowest BCUT2D eigenvalue weighted by Gasteiger charge is -2.37. The Morgan fingerprint density at radius 1 is 1.32 bits per heavy atom. The van der Waals surface area contributed by atoms with Crippen LogP contribution in [0.4, 0.5) is 0 Å². The molecular weight excluding hydrogens is 320 g/mol. The zero-order valence-corrected chi connectivity index (χ0v) is 14.7. The van der Waals surface area contributed by atoms with Crippen LogP contribution in [0.25, 0.3) is 0 Å². The molecule has 0 saturated heterocycles. The number of ketones is 1. The molecule has 1 aromatic carbocycles. The summed E-state index contributed by atoms with van der Waals surface area (Å²) in [5.41, 5.74) is 0.997. The van der Waals surface area contributed by atoms with Gasteiger partial charge in [0.15, 0.2) is 0 Å². The topological polar surface area (TPSA) is 54.0 Å². The summed E-state index contributed by atoms with van der Waals surface area (Å²) in [6, 6.07) is 7.16. The monoisotopic (exact) mass is 344 g/mol. The van der Waals surface area contributed by atoms with E-state index in [-0.39, 0.29) is 29.7 Å². The largest absolute Gasteiger partial charge is 0.497 e. The number of carbonyl (C=O) groups is 1. The van der Waals surface area contributed by atoms with E-state index in [4.69, 9.17) is 18.9 Å². The first kappa shape index (κ1) is 17.5. The second-order valence-electron chi connectivity index (χ2n) is 6.61. The van der Waals surface area contributed by atoms with Crippen molar-refractivity contribution in [1.29, 1.82) is 0 Å². The van der Waals surface area contributed by atoms with E-state index in [1.165, 1.54) is 6.26 Å².